The van der Waals surface area contributed by atoms with Gasteiger partial charge in [0, 0.05) is 41.7 Å². The van der Waals surface area contributed by atoms with Gasteiger partial charge in [-0.2, -0.15) is 0 Å². The predicted octanol–water partition coefficient (Wildman–Crippen LogP) is 17.8. The van der Waals surface area contributed by atoms with Gasteiger partial charge in [-0.1, -0.05) is 158 Å². The van der Waals surface area contributed by atoms with Crippen LogP contribution in [0.25, 0.3) is 130 Å². The molecule has 0 saturated heterocycles. The van der Waals surface area contributed by atoms with E-state index in [0.29, 0.717) is 0 Å². The van der Waals surface area contributed by atoms with Crippen molar-refractivity contribution in [1.29, 1.82) is 0 Å². The molecule has 0 amide bonds. The van der Waals surface area contributed by atoms with E-state index in [-0.39, 0.29) is 0 Å². The Bertz CT molecular complexity index is 4380. The number of rotatable bonds is 2. The van der Waals surface area contributed by atoms with E-state index in [2.05, 4.69) is 206 Å². The molecule has 0 N–H and O–H groups in total. The van der Waals surface area contributed by atoms with Crippen molar-refractivity contribution in [3.8, 4) is 44.5 Å². The monoisotopic (exact) mass is 854 g/mol. The minimum absolute atomic E-state index is 0.425. The first kappa shape index (κ1) is 35.2. The maximum absolute atomic E-state index is 6.82. The molecule has 304 valence electrons. The fourth-order valence-corrected chi connectivity index (χ4v) is 13.7. The minimum Gasteiger partial charge on any atom is -0.456 e. The fourth-order valence-electron chi connectivity index (χ4n) is 12.6. The molecule has 1 spiro atoms. The summed E-state index contributed by atoms with van der Waals surface area (Å²) in [6.45, 7) is 0. The van der Waals surface area contributed by atoms with Crippen molar-refractivity contribution in [3.63, 3.8) is 0 Å². The molecule has 66 heavy (non-hydrogen) atoms. The molecule has 0 aliphatic heterocycles. The Morgan fingerprint density at radius 2 is 0.742 bits per heavy atom. The predicted molar refractivity (Wildman–Crippen MR) is 276 cm³/mol. The van der Waals surface area contributed by atoms with Gasteiger partial charge in [0.05, 0.1) is 5.41 Å². The van der Waals surface area contributed by atoms with E-state index in [0.717, 1.165) is 33.1 Å². The van der Waals surface area contributed by atoms with Crippen molar-refractivity contribution in [2.45, 2.75) is 5.41 Å². The zero-order chi connectivity index (χ0) is 42.8. The SMILES string of the molecule is c1ccc2c(c1)-c1ccccc1C21c2ccccc2-c2c1ccc1oc3ccc(-c4c5ccccc5c(-c5ccc6oc7ccc8sc9ccccc9c8c7c6c5)c5ccccc45)cc3c21. The largest absolute Gasteiger partial charge is 0.456 e. The molecule has 0 radical (unpaired) electrons. The normalized spacial score (nSPS) is 13.6. The summed E-state index contributed by atoms with van der Waals surface area (Å²) in [5.41, 5.74) is 18.5. The number of hydrogen-bond donors (Lipinski definition) is 0. The minimum atomic E-state index is -0.425. The standard InChI is InChI=1S/C63H34O2S/c1-3-17-41-39(15-1)57(40-16-2-4-18-42(40)58(41)36-26-29-52-46(34-36)61-54(65-52)31-32-56-62(61)44-20-8-12-24-55(44)66-56)35-25-28-51-45(33-35)60-53(64-51)30-27-50-59(60)43-19-7-11-23-49(43)63(50)47-21-9-5-13-37(47)38-14-6-10-22-48(38)63/h1-34H. The Kier molecular flexibility index (Phi) is 6.66. The molecule has 2 nitrogen and oxygen atoms in total. The molecule has 3 heteroatoms. The van der Waals surface area contributed by atoms with E-state index in [1.807, 2.05) is 11.3 Å². The molecule has 2 aliphatic rings. The Morgan fingerprint density at radius 3 is 1.35 bits per heavy atom. The number of fused-ring (bicyclic) bond motifs is 23. The van der Waals surface area contributed by atoms with Gasteiger partial charge in [0.25, 0.3) is 0 Å². The van der Waals surface area contributed by atoms with Crippen molar-refractivity contribution >= 4 is 96.9 Å². The first-order valence-electron chi connectivity index (χ1n) is 22.7. The first-order valence-corrected chi connectivity index (χ1v) is 23.6. The van der Waals surface area contributed by atoms with E-state index in [1.165, 1.54) is 119 Å². The summed E-state index contributed by atoms with van der Waals surface area (Å²) in [7, 11) is 0. The second-order valence-electron chi connectivity index (χ2n) is 18.1. The molecule has 3 heterocycles. The van der Waals surface area contributed by atoms with Gasteiger partial charge in [0.2, 0.25) is 0 Å². The van der Waals surface area contributed by atoms with Crippen LogP contribution in [0.1, 0.15) is 22.3 Å². The van der Waals surface area contributed by atoms with Crippen LogP contribution in [0.3, 0.4) is 0 Å². The zero-order valence-electron chi connectivity index (χ0n) is 35.4. The van der Waals surface area contributed by atoms with E-state index in [1.54, 1.807) is 0 Å². The summed E-state index contributed by atoms with van der Waals surface area (Å²) in [5, 5.41) is 12.1. The summed E-state index contributed by atoms with van der Waals surface area (Å²) >= 11 is 1.85. The van der Waals surface area contributed by atoms with Crippen LogP contribution in [-0.4, -0.2) is 0 Å². The van der Waals surface area contributed by atoms with E-state index >= 15 is 0 Å². The summed E-state index contributed by atoms with van der Waals surface area (Å²) < 4.78 is 16.0. The van der Waals surface area contributed by atoms with Crippen molar-refractivity contribution in [3.05, 3.63) is 229 Å². The van der Waals surface area contributed by atoms with Gasteiger partial charge in [-0.25, -0.2) is 0 Å². The van der Waals surface area contributed by atoms with Crippen LogP contribution in [0.5, 0.6) is 0 Å². The molecule has 11 aromatic carbocycles. The molecule has 2 aliphatic carbocycles. The smallest absolute Gasteiger partial charge is 0.136 e. The second-order valence-corrected chi connectivity index (χ2v) is 19.2. The zero-order valence-corrected chi connectivity index (χ0v) is 36.2. The summed E-state index contributed by atoms with van der Waals surface area (Å²) in [5.74, 6) is 0. The molecule has 0 atom stereocenters. The van der Waals surface area contributed by atoms with E-state index in [4.69, 9.17) is 8.83 Å². The highest BCUT2D eigenvalue weighted by Gasteiger charge is 2.52. The van der Waals surface area contributed by atoms with Gasteiger partial charge in [-0.15, -0.1) is 11.3 Å². The van der Waals surface area contributed by atoms with Gasteiger partial charge in [-0.05, 0) is 137 Å². The lowest BCUT2D eigenvalue weighted by Gasteiger charge is -2.30. The van der Waals surface area contributed by atoms with Crippen LogP contribution in [0.15, 0.2) is 215 Å². The van der Waals surface area contributed by atoms with Gasteiger partial charge >= 0.3 is 0 Å². The van der Waals surface area contributed by atoms with Crippen molar-refractivity contribution in [2.24, 2.45) is 0 Å². The third-order valence-electron chi connectivity index (χ3n) is 15.1. The maximum atomic E-state index is 6.82. The molecule has 0 fully saturated rings. The Hall–Kier alpha value is -8.24. The van der Waals surface area contributed by atoms with Crippen LogP contribution >= 0.6 is 11.3 Å². The van der Waals surface area contributed by atoms with Crippen LogP contribution in [0.2, 0.25) is 0 Å². The molecule has 0 unspecified atom stereocenters. The highest BCUT2D eigenvalue weighted by molar-refractivity contribution is 7.26. The lowest BCUT2D eigenvalue weighted by molar-refractivity contribution is 0.668. The summed E-state index contributed by atoms with van der Waals surface area (Å²) in [6.07, 6.45) is 0. The molecular formula is C63H34O2S. The van der Waals surface area contributed by atoms with Gasteiger partial charge in [0.1, 0.15) is 22.3 Å². The Morgan fingerprint density at radius 1 is 0.288 bits per heavy atom. The molecule has 16 rings (SSSR count). The number of hydrogen-bond acceptors (Lipinski definition) is 3. The third-order valence-corrected chi connectivity index (χ3v) is 16.2. The highest BCUT2D eigenvalue weighted by Crippen LogP contribution is 2.64. The molecular weight excluding hydrogens is 821 g/mol. The van der Waals surface area contributed by atoms with Crippen LogP contribution in [-0.2, 0) is 5.41 Å². The van der Waals surface area contributed by atoms with E-state index in [9.17, 15) is 0 Å². The van der Waals surface area contributed by atoms with Gasteiger partial charge in [0.15, 0.2) is 0 Å². The maximum Gasteiger partial charge on any atom is 0.136 e. The van der Waals surface area contributed by atoms with Crippen molar-refractivity contribution in [2.75, 3.05) is 0 Å². The average Bonchev–Trinajstić information content (AvgIpc) is 4.18. The Balaban J connectivity index is 0.953. The van der Waals surface area contributed by atoms with E-state index < -0.39 is 5.41 Å². The van der Waals surface area contributed by atoms with Gasteiger partial charge < -0.3 is 8.83 Å². The molecule has 0 saturated carbocycles. The number of furan rings is 2. The van der Waals surface area contributed by atoms with Gasteiger partial charge in [-0.3, -0.25) is 0 Å². The summed E-state index contributed by atoms with van der Waals surface area (Å²) in [4.78, 5) is 0. The van der Waals surface area contributed by atoms with Crippen LogP contribution in [0, 0.1) is 0 Å². The third kappa shape index (κ3) is 4.28. The first-order chi connectivity index (χ1) is 32.7. The molecule has 14 aromatic rings. The number of thiophene rings is 1. The Labute approximate surface area is 382 Å². The average molecular weight is 855 g/mol. The lowest BCUT2D eigenvalue weighted by atomic mass is 9.70. The van der Waals surface area contributed by atoms with Crippen LogP contribution < -0.4 is 0 Å². The summed E-state index contributed by atoms with van der Waals surface area (Å²) in [6, 6.07) is 76.3. The van der Waals surface area contributed by atoms with Crippen molar-refractivity contribution in [1.82, 2.24) is 0 Å². The quantitative estimate of drug-likeness (QED) is 0.162. The topological polar surface area (TPSA) is 26.3 Å². The van der Waals surface area contributed by atoms with Crippen LogP contribution in [0.4, 0.5) is 0 Å². The highest BCUT2D eigenvalue weighted by atomic mass is 32.1. The second kappa shape index (κ2) is 12.5. The lowest BCUT2D eigenvalue weighted by Crippen LogP contribution is -2.25. The fraction of sp³-hybridized carbons (Fsp3) is 0.0159. The molecule has 3 aromatic heterocycles. The molecule has 0 bridgehead atoms. The van der Waals surface area contributed by atoms with Crippen molar-refractivity contribution < 1.29 is 8.83 Å². The number of benzene rings is 11.